The van der Waals surface area contributed by atoms with Gasteiger partial charge in [0.15, 0.2) is 0 Å². The smallest absolute Gasteiger partial charge is 0.0456 e. The minimum atomic E-state index is 0.585. The normalized spacial score (nSPS) is 20.8. The van der Waals surface area contributed by atoms with Crippen molar-refractivity contribution in [2.45, 2.75) is 64.5 Å². The molecule has 1 aromatic rings. The molecule has 0 radical (unpaired) electrons. The number of aryl methyl sites for hydroxylation is 1. The Morgan fingerprint density at radius 3 is 2.83 bits per heavy atom. The van der Waals surface area contributed by atoms with Crippen LogP contribution in [0.3, 0.4) is 0 Å². The second kappa shape index (κ2) is 8.40. The van der Waals surface area contributed by atoms with Gasteiger partial charge < -0.3 is 10.2 Å². The van der Waals surface area contributed by atoms with Crippen molar-refractivity contribution in [3.05, 3.63) is 46.6 Å². The van der Waals surface area contributed by atoms with Gasteiger partial charge in [-0.05, 0) is 62.3 Å². The summed E-state index contributed by atoms with van der Waals surface area (Å²) in [6.07, 6.45) is 8.75. The number of rotatable bonds is 8. The summed E-state index contributed by atoms with van der Waals surface area (Å²) < 4.78 is 0. The highest BCUT2D eigenvalue weighted by molar-refractivity contribution is 6.31. The summed E-state index contributed by atoms with van der Waals surface area (Å²) in [7, 11) is 0. The first-order valence-corrected chi connectivity index (χ1v) is 10.00. The number of piperidine rings is 1. The summed E-state index contributed by atoms with van der Waals surface area (Å²) in [5.74, 6) is 0.585. The van der Waals surface area contributed by atoms with Gasteiger partial charge in [0.25, 0.3) is 0 Å². The molecule has 2 aliphatic rings. The molecule has 1 saturated carbocycles. The van der Waals surface area contributed by atoms with Crippen LogP contribution in [0.15, 0.2) is 30.5 Å². The van der Waals surface area contributed by atoms with Gasteiger partial charge in [-0.15, -0.1) is 0 Å². The molecule has 1 aliphatic carbocycles. The second-order valence-corrected chi connectivity index (χ2v) is 7.83. The van der Waals surface area contributed by atoms with E-state index in [1.165, 1.54) is 55.3 Å². The maximum atomic E-state index is 6.52. The van der Waals surface area contributed by atoms with Crippen molar-refractivity contribution in [2.24, 2.45) is 5.92 Å². The number of unbranched alkanes of at least 4 members (excludes halogenated alkanes) is 1. The van der Waals surface area contributed by atoms with E-state index in [1.54, 1.807) is 0 Å². The minimum Gasteiger partial charge on any atom is -0.368 e. The lowest BCUT2D eigenvalue weighted by molar-refractivity contribution is 0.262. The van der Waals surface area contributed by atoms with Crippen LogP contribution in [-0.4, -0.2) is 24.0 Å². The minimum absolute atomic E-state index is 0.585. The average Bonchev–Trinajstić information content (AvgIpc) is 3.45. The van der Waals surface area contributed by atoms with Crippen LogP contribution in [0, 0.1) is 5.92 Å². The van der Waals surface area contributed by atoms with E-state index in [-0.39, 0.29) is 0 Å². The Hall–Kier alpha value is -0.990. The van der Waals surface area contributed by atoms with Crippen LogP contribution in [0.5, 0.6) is 0 Å². The monoisotopic (exact) mass is 346 g/mol. The van der Waals surface area contributed by atoms with Gasteiger partial charge >= 0.3 is 0 Å². The molecule has 1 aromatic carbocycles. The third-order valence-electron chi connectivity index (χ3n) is 5.39. The Morgan fingerprint density at radius 1 is 1.33 bits per heavy atom. The number of benzene rings is 1. The van der Waals surface area contributed by atoms with Gasteiger partial charge in [0, 0.05) is 35.8 Å². The van der Waals surface area contributed by atoms with Gasteiger partial charge in [0.2, 0.25) is 0 Å². The fourth-order valence-corrected chi connectivity index (χ4v) is 3.87. The zero-order valence-corrected chi connectivity index (χ0v) is 15.7. The summed E-state index contributed by atoms with van der Waals surface area (Å²) in [6.45, 7) is 9.87. The van der Waals surface area contributed by atoms with Crippen LogP contribution in [-0.2, 0) is 13.0 Å². The summed E-state index contributed by atoms with van der Waals surface area (Å²) in [5.41, 5.74) is 4.00. The molecule has 2 fully saturated rings. The van der Waals surface area contributed by atoms with Gasteiger partial charge in [-0.2, -0.15) is 0 Å². The first-order chi connectivity index (χ1) is 11.7. The lowest BCUT2D eigenvalue weighted by Gasteiger charge is -2.34. The topological polar surface area (TPSA) is 15.3 Å². The van der Waals surface area contributed by atoms with E-state index in [4.69, 9.17) is 11.6 Å². The Labute approximate surface area is 152 Å². The fourth-order valence-electron chi connectivity index (χ4n) is 3.69. The maximum absolute atomic E-state index is 6.52. The van der Waals surface area contributed by atoms with Gasteiger partial charge in [-0.25, -0.2) is 0 Å². The van der Waals surface area contributed by atoms with Crippen LogP contribution in [0.1, 0.15) is 56.6 Å². The van der Waals surface area contributed by atoms with Crippen LogP contribution in [0.4, 0.5) is 0 Å². The summed E-state index contributed by atoms with van der Waals surface area (Å²) >= 11 is 6.52. The van der Waals surface area contributed by atoms with Gasteiger partial charge in [-0.3, -0.25) is 0 Å². The predicted molar refractivity (Wildman–Crippen MR) is 103 cm³/mol. The van der Waals surface area contributed by atoms with Crippen molar-refractivity contribution in [1.82, 2.24) is 10.2 Å². The van der Waals surface area contributed by atoms with Crippen molar-refractivity contribution in [3.63, 3.8) is 0 Å². The molecule has 1 saturated heterocycles. The van der Waals surface area contributed by atoms with Gasteiger partial charge in [0.05, 0.1) is 0 Å². The van der Waals surface area contributed by atoms with Crippen LogP contribution < -0.4 is 5.32 Å². The van der Waals surface area contributed by atoms with Crippen molar-refractivity contribution in [1.29, 1.82) is 0 Å². The first-order valence-electron chi connectivity index (χ1n) is 9.62. The zero-order chi connectivity index (χ0) is 16.9. The summed E-state index contributed by atoms with van der Waals surface area (Å²) in [6, 6.07) is 7.26. The third kappa shape index (κ3) is 4.55. The van der Waals surface area contributed by atoms with Gasteiger partial charge in [-0.1, -0.05) is 43.7 Å². The number of hydrogen-bond acceptors (Lipinski definition) is 2. The Bertz CT molecular complexity index is 559. The third-order valence-corrected chi connectivity index (χ3v) is 5.76. The second-order valence-electron chi connectivity index (χ2n) is 7.42. The van der Waals surface area contributed by atoms with E-state index < -0.39 is 0 Å². The number of nitrogens with zero attached hydrogens (tertiary/aromatic N) is 1. The van der Waals surface area contributed by atoms with Crippen LogP contribution >= 0.6 is 11.6 Å². The number of nitrogens with one attached hydrogen (secondary N) is 1. The molecule has 1 unspecified atom stereocenters. The van der Waals surface area contributed by atoms with Crippen molar-refractivity contribution in [2.75, 3.05) is 13.1 Å². The van der Waals surface area contributed by atoms with E-state index in [0.717, 1.165) is 31.1 Å². The fraction of sp³-hybridized carbons (Fsp3) is 0.619. The molecular formula is C21H31ClN2. The average molecular weight is 347 g/mol. The van der Waals surface area contributed by atoms with E-state index >= 15 is 0 Å². The van der Waals surface area contributed by atoms with Crippen molar-refractivity contribution in [3.8, 4) is 0 Å². The maximum Gasteiger partial charge on any atom is 0.0456 e. The molecule has 1 atom stereocenters. The van der Waals surface area contributed by atoms with Gasteiger partial charge in [0.1, 0.15) is 0 Å². The predicted octanol–water partition coefficient (Wildman–Crippen LogP) is 5.16. The SMILES string of the molecule is C=C(C1CCCNC1)N(Cc1cc(CCCC)ccc1Cl)C1CC1. The molecule has 0 bridgehead atoms. The highest BCUT2D eigenvalue weighted by Crippen LogP contribution is 2.36. The molecule has 0 amide bonds. The quantitative estimate of drug-likeness (QED) is 0.699. The largest absolute Gasteiger partial charge is 0.368 e. The molecule has 2 nitrogen and oxygen atoms in total. The molecule has 3 rings (SSSR count). The molecule has 24 heavy (non-hydrogen) atoms. The van der Waals surface area contributed by atoms with Crippen LogP contribution in [0.25, 0.3) is 0 Å². The standard InChI is InChI=1S/C21H31ClN2/c1-3-4-6-17-8-11-21(22)19(13-17)15-24(20-9-10-20)16(2)18-7-5-12-23-14-18/h8,11,13,18,20,23H,2-7,9-10,12,14-15H2,1H3. The lowest BCUT2D eigenvalue weighted by atomic mass is 9.95. The van der Waals surface area contributed by atoms with E-state index in [9.17, 15) is 0 Å². The zero-order valence-electron chi connectivity index (χ0n) is 15.0. The van der Waals surface area contributed by atoms with E-state index in [1.807, 2.05) is 0 Å². The van der Waals surface area contributed by atoms with E-state index in [0.29, 0.717) is 12.0 Å². The molecular weight excluding hydrogens is 316 g/mol. The Kier molecular flexibility index (Phi) is 6.24. The molecule has 0 spiro atoms. The van der Waals surface area contributed by atoms with E-state index in [2.05, 4.69) is 41.9 Å². The lowest BCUT2D eigenvalue weighted by Crippen LogP contribution is -2.37. The summed E-state index contributed by atoms with van der Waals surface area (Å²) in [4.78, 5) is 2.54. The molecule has 3 heteroatoms. The molecule has 132 valence electrons. The van der Waals surface area contributed by atoms with Crippen LogP contribution in [0.2, 0.25) is 5.02 Å². The first kappa shape index (κ1) is 17.8. The molecule has 1 aliphatic heterocycles. The molecule has 0 aromatic heterocycles. The van der Waals surface area contributed by atoms with Crippen molar-refractivity contribution >= 4 is 11.6 Å². The Balaban J connectivity index is 1.72. The highest BCUT2D eigenvalue weighted by atomic mass is 35.5. The number of hydrogen-bond donors (Lipinski definition) is 1. The van der Waals surface area contributed by atoms with Crippen molar-refractivity contribution < 1.29 is 0 Å². The summed E-state index contributed by atoms with van der Waals surface area (Å²) in [5, 5.41) is 4.42. The Morgan fingerprint density at radius 2 is 2.17 bits per heavy atom. The highest BCUT2D eigenvalue weighted by Gasteiger charge is 2.33. The number of halogens is 1. The molecule has 1 heterocycles. The molecule has 1 N–H and O–H groups in total.